The van der Waals surface area contributed by atoms with E-state index < -0.39 is 33.1 Å². The normalized spacial score (nSPS) is 27.8. The third-order valence-corrected chi connectivity index (χ3v) is 3.08. The summed E-state index contributed by atoms with van der Waals surface area (Å²) in [4.78, 5) is 21.7. The van der Waals surface area contributed by atoms with Gasteiger partial charge in [0.1, 0.15) is 0 Å². The van der Waals surface area contributed by atoms with Gasteiger partial charge in [-0.05, 0) is 0 Å². The maximum Gasteiger partial charge on any atom is 1.00 e. The average molecular weight is 233 g/mol. The largest absolute Gasteiger partial charge is 1.00 e. The Kier molecular flexibility index (Phi) is 4.25. The molecule has 0 aromatic carbocycles. The summed E-state index contributed by atoms with van der Waals surface area (Å²) in [7, 11) is -4.64. The minimum atomic E-state index is -4.64. The smallest absolute Gasteiger partial charge is 1.00 e. The Labute approximate surface area is 104 Å². The van der Waals surface area contributed by atoms with E-state index in [1.54, 1.807) is 0 Å². The second kappa shape index (κ2) is 4.25. The van der Waals surface area contributed by atoms with Crippen molar-refractivity contribution in [2.75, 3.05) is 0 Å². The SMILES string of the molecule is CC1C(=O)N(O)C(=O)C1S(=O)(=O)O.[H-].[Na+]. The summed E-state index contributed by atoms with van der Waals surface area (Å²) in [5.74, 6) is -3.61. The molecule has 0 aromatic heterocycles. The molecule has 0 aliphatic carbocycles. The first-order valence-electron chi connectivity index (χ1n) is 3.30. The number of hydroxylamine groups is 2. The summed E-state index contributed by atoms with van der Waals surface area (Å²) in [6, 6.07) is 0. The fourth-order valence-electron chi connectivity index (χ4n) is 1.15. The molecular formula is C5H8NNaO6S. The quantitative estimate of drug-likeness (QED) is 0.205. The standard InChI is InChI=1S/C5H7NO6S.Na.H/c1-2-3(13(10,11)12)5(8)6(9)4(2)7;;/h2-3,9H,1H3,(H,10,11,12);;/q;+1;-1. The van der Waals surface area contributed by atoms with Crippen LogP contribution in [0.2, 0.25) is 0 Å². The molecular weight excluding hydrogens is 225 g/mol. The van der Waals surface area contributed by atoms with Crippen LogP contribution in [0.5, 0.6) is 0 Å². The Bertz CT molecular complexity index is 370. The number of amides is 2. The van der Waals surface area contributed by atoms with Crippen molar-refractivity contribution in [2.45, 2.75) is 12.2 Å². The molecule has 0 spiro atoms. The van der Waals surface area contributed by atoms with E-state index in [9.17, 15) is 18.0 Å². The molecule has 1 aliphatic heterocycles. The Hall–Kier alpha value is 0.01000. The van der Waals surface area contributed by atoms with Gasteiger partial charge in [0.2, 0.25) is 0 Å². The molecule has 0 bridgehead atoms. The van der Waals surface area contributed by atoms with Gasteiger partial charge in [-0.3, -0.25) is 19.3 Å². The van der Waals surface area contributed by atoms with Crippen LogP contribution >= 0.6 is 0 Å². The van der Waals surface area contributed by atoms with Crippen LogP contribution in [0.15, 0.2) is 0 Å². The van der Waals surface area contributed by atoms with Crippen molar-refractivity contribution >= 4 is 21.9 Å². The molecule has 0 saturated carbocycles. The van der Waals surface area contributed by atoms with Gasteiger partial charge in [-0.1, -0.05) is 6.92 Å². The predicted octanol–water partition coefficient (Wildman–Crippen LogP) is -4.25. The summed E-state index contributed by atoms with van der Waals surface area (Å²) in [5, 5.41) is 6.56. The average Bonchev–Trinajstić information content (AvgIpc) is 2.14. The van der Waals surface area contributed by atoms with E-state index in [-0.39, 0.29) is 36.0 Å². The van der Waals surface area contributed by atoms with E-state index in [2.05, 4.69) is 0 Å². The van der Waals surface area contributed by atoms with Crippen LogP contribution < -0.4 is 29.6 Å². The van der Waals surface area contributed by atoms with Crippen molar-refractivity contribution in [3.8, 4) is 0 Å². The van der Waals surface area contributed by atoms with E-state index in [1.807, 2.05) is 0 Å². The van der Waals surface area contributed by atoms with Crippen LogP contribution in [0.25, 0.3) is 0 Å². The zero-order valence-corrected chi connectivity index (χ0v) is 10.4. The number of imide groups is 1. The van der Waals surface area contributed by atoms with Crippen molar-refractivity contribution < 1.29 is 58.8 Å². The minimum Gasteiger partial charge on any atom is -1.00 e. The van der Waals surface area contributed by atoms with E-state index >= 15 is 0 Å². The number of hydrogen-bond acceptors (Lipinski definition) is 5. The van der Waals surface area contributed by atoms with E-state index in [0.717, 1.165) is 6.92 Å². The van der Waals surface area contributed by atoms with Crippen LogP contribution in [0.3, 0.4) is 0 Å². The molecule has 7 nitrogen and oxygen atoms in total. The van der Waals surface area contributed by atoms with Crippen LogP contribution in [0.1, 0.15) is 8.35 Å². The minimum absolute atomic E-state index is 0. The van der Waals surface area contributed by atoms with Crippen LogP contribution in [0, 0.1) is 5.92 Å². The third kappa shape index (κ3) is 2.15. The summed E-state index contributed by atoms with van der Waals surface area (Å²) < 4.78 is 29.7. The number of rotatable bonds is 1. The summed E-state index contributed by atoms with van der Waals surface area (Å²) in [6.45, 7) is 1.13. The number of hydrogen-bond donors (Lipinski definition) is 2. The van der Waals surface area contributed by atoms with Crippen LogP contribution in [-0.4, -0.2) is 40.3 Å². The van der Waals surface area contributed by atoms with Crippen molar-refractivity contribution in [2.24, 2.45) is 5.92 Å². The van der Waals surface area contributed by atoms with E-state index in [4.69, 9.17) is 9.76 Å². The molecule has 1 rings (SSSR count). The first kappa shape index (κ1) is 14.0. The summed E-state index contributed by atoms with van der Waals surface area (Å²) >= 11 is 0. The molecule has 2 unspecified atom stereocenters. The van der Waals surface area contributed by atoms with Crippen LogP contribution in [-0.2, 0) is 19.7 Å². The fourth-order valence-corrected chi connectivity index (χ4v) is 2.14. The molecule has 1 aliphatic rings. The van der Waals surface area contributed by atoms with Gasteiger partial charge in [-0.15, -0.1) is 0 Å². The Morgan fingerprint density at radius 3 is 1.93 bits per heavy atom. The van der Waals surface area contributed by atoms with Gasteiger partial charge < -0.3 is 1.43 Å². The maximum absolute atomic E-state index is 10.9. The summed E-state index contributed by atoms with van der Waals surface area (Å²) in [6.07, 6.45) is 0. The van der Waals surface area contributed by atoms with Gasteiger partial charge in [0.25, 0.3) is 21.9 Å². The monoisotopic (exact) mass is 233 g/mol. The molecule has 14 heavy (non-hydrogen) atoms. The van der Waals surface area contributed by atoms with Crippen molar-refractivity contribution in [1.29, 1.82) is 0 Å². The van der Waals surface area contributed by atoms with Crippen molar-refractivity contribution in [1.82, 2.24) is 5.06 Å². The molecule has 2 atom stereocenters. The van der Waals surface area contributed by atoms with Gasteiger partial charge >= 0.3 is 29.6 Å². The number of carbonyl (C=O) groups excluding carboxylic acids is 2. The van der Waals surface area contributed by atoms with Crippen LogP contribution in [0.4, 0.5) is 0 Å². The zero-order chi connectivity index (χ0) is 10.4. The third-order valence-electron chi connectivity index (χ3n) is 1.83. The first-order chi connectivity index (χ1) is 5.76. The van der Waals surface area contributed by atoms with Gasteiger partial charge in [0, 0.05) is 0 Å². The summed E-state index contributed by atoms with van der Waals surface area (Å²) in [5.41, 5.74) is 0. The number of carbonyl (C=O) groups is 2. The second-order valence-corrected chi connectivity index (χ2v) is 4.25. The fraction of sp³-hybridized carbons (Fsp3) is 0.600. The first-order valence-corrected chi connectivity index (χ1v) is 4.80. The molecule has 1 saturated heterocycles. The second-order valence-electron chi connectivity index (χ2n) is 2.71. The van der Waals surface area contributed by atoms with E-state index in [0.29, 0.717) is 0 Å². The number of nitrogens with zero attached hydrogens (tertiary/aromatic N) is 1. The predicted molar refractivity (Wildman–Crippen MR) is 39.3 cm³/mol. The molecule has 0 aromatic rings. The molecule has 76 valence electrons. The van der Waals surface area contributed by atoms with Gasteiger partial charge in [0.05, 0.1) is 5.92 Å². The Morgan fingerprint density at radius 1 is 1.36 bits per heavy atom. The Balaban J connectivity index is 0. The van der Waals surface area contributed by atoms with Gasteiger partial charge in [-0.2, -0.15) is 13.5 Å². The zero-order valence-electron chi connectivity index (χ0n) is 8.54. The van der Waals surface area contributed by atoms with Crippen molar-refractivity contribution in [3.63, 3.8) is 0 Å². The topological polar surface area (TPSA) is 112 Å². The van der Waals surface area contributed by atoms with Crippen molar-refractivity contribution in [3.05, 3.63) is 0 Å². The Morgan fingerprint density at radius 2 is 1.79 bits per heavy atom. The van der Waals surface area contributed by atoms with E-state index in [1.165, 1.54) is 0 Å². The molecule has 0 radical (unpaired) electrons. The molecule has 1 heterocycles. The molecule has 2 N–H and O–H groups in total. The maximum atomic E-state index is 10.9. The molecule has 9 heteroatoms. The van der Waals surface area contributed by atoms with Gasteiger partial charge in [0.15, 0.2) is 5.25 Å². The molecule has 2 amide bonds. The van der Waals surface area contributed by atoms with Gasteiger partial charge in [-0.25, -0.2) is 0 Å². The molecule has 1 fully saturated rings.